The summed E-state index contributed by atoms with van der Waals surface area (Å²) in [5, 5.41) is 17.9. The Bertz CT molecular complexity index is 499. The van der Waals surface area contributed by atoms with Crippen molar-refractivity contribution in [3.05, 3.63) is 18.1 Å². The van der Waals surface area contributed by atoms with Crippen LogP contribution in [-0.4, -0.2) is 26.7 Å². The molecular weight excluding hydrogens is 240 g/mol. The molecule has 2 aromatic heterocycles. The van der Waals surface area contributed by atoms with Gasteiger partial charge in [-0.3, -0.25) is 0 Å². The molecule has 1 N–H and O–H groups in total. The molecule has 0 aliphatic heterocycles. The molecule has 0 bridgehead atoms. The van der Waals surface area contributed by atoms with Crippen LogP contribution >= 0.6 is 11.8 Å². The minimum atomic E-state index is -0.759. The number of aliphatic hydroxyl groups is 1. The lowest BCUT2D eigenvalue weighted by Gasteiger charge is -2.13. The SMILES string of the molecule is Cc1occc1-c1nnc(SCC(C)(C)O)o1. The van der Waals surface area contributed by atoms with E-state index in [0.717, 1.165) is 11.3 Å². The van der Waals surface area contributed by atoms with Crippen molar-refractivity contribution in [2.45, 2.75) is 31.6 Å². The largest absolute Gasteiger partial charge is 0.469 e. The van der Waals surface area contributed by atoms with Crippen molar-refractivity contribution in [3.8, 4) is 11.5 Å². The van der Waals surface area contributed by atoms with E-state index >= 15 is 0 Å². The van der Waals surface area contributed by atoms with Crippen LogP contribution < -0.4 is 0 Å². The Balaban J connectivity index is 2.09. The van der Waals surface area contributed by atoms with Gasteiger partial charge in [0.15, 0.2) is 0 Å². The van der Waals surface area contributed by atoms with E-state index in [1.54, 1.807) is 26.2 Å². The first-order chi connectivity index (χ1) is 7.96. The zero-order valence-corrected chi connectivity index (χ0v) is 10.7. The first-order valence-electron chi connectivity index (χ1n) is 5.19. The molecule has 0 aromatic carbocycles. The van der Waals surface area contributed by atoms with Crippen LogP contribution in [0.4, 0.5) is 0 Å². The molecule has 2 rings (SSSR count). The lowest BCUT2D eigenvalue weighted by molar-refractivity contribution is 0.106. The highest BCUT2D eigenvalue weighted by atomic mass is 32.2. The molecule has 0 aliphatic carbocycles. The smallest absolute Gasteiger partial charge is 0.276 e. The summed E-state index contributed by atoms with van der Waals surface area (Å²) in [4.78, 5) is 0. The average molecular weight is 254 g/mol. The molecule has 0 fully saturated rings. The minimum absolute atomic E-state index is 0.439. The predicted molar refractivity (Wildman–Crippen MR) is 63.8 cm³/mol. The molecule has 92 valence electrons. The standard InChI is InChI=1S/C11H14N2O3S/c1-7-8(4-5-15-7)9-12-13-10(16-9)17-6-11(2,3)14/h4-5,14H,6H2,1-3H3. The van der Waals surface area contributed by atoms with Crippen molar-refractivity contribution in [1.82, 2.24) is 10.2 Å². The lowest BCUT2D eigenvalue weighted by atomic mass is 10.2. The Morgan fingerprint density at radius 1 is 1.41 bits per heavy atom. The number of hydrogen-bond donors (Lipinski definition) is 1. The topological polar surface area (TPSA) is 72.3 Å². The van der Waals surface area contributed by atoms with Gasteiger partial charge >= 0.3 is 0 Å². The van der Waals surface area contributed by atoms with Gasteiger partial charge in [0.25, 0.3) is 11.1 Å². The maximum Gasteiger partial charge on any atom is 0.276 e. The average Bonchev–Trinajstić information content (AvgIpc) is 2.81. The molecule has 2 heterocycles. The fourth-order valence-corrected chi connectivity index (χ4v) is 1.94. The highest BCUT2D eigenvalue weighted by molar-refractivity contribution is 7.99. The van der Waals surface area contributed by atoms with Crippen LogP contribution in [0.1, 0.15) is 19.6 Å². The van der Waals surface area contributed by atoms with Crippen molar-refractivity contribution >= 4 is 11.8 Å². The summed E-state index contributed by atoms with van der Waals surface area (Å²) < 4.78 is 10.6. The van der Waals surface area contributed by atoms with Gasteiger partial charge in [-0.05, 0) is 26.8 Å². The fraction of sp³-hybridized carbons (Fsp3) is 0.455. The molecule has 0 radical (unpaired) electrons. The zero-order chi connectivity index (χ0) is 12.5. The number of furan rings is 1. The first kappa shape index (κ1) is 12.2. The number of aryl methyl sites for hydroxylation is 1. The van der Waals surface area contributed by atoms with E-state index in [1.165, 1.54) is 11.8 Å². The second-order valence-corrected chi connectivity index (χ2v) is 5.29. The molecule has 0 saturated heterocycles. The molecule has 0 saturated carbocycles. The summed E-state index contributed by atoms with van der Waals surface area (Å²) in [7, 11) is 0. The van der Waals surface area contributed by atoms with Crippen molar-refractivity contribution in [2.24, 2.45) is 0 Å². The Morgan fingerprint density at radius 2 is 2.18 bits per heavy atom. The van der Waals surface area contributed by atoms with Gasteiger partial charge in [-0.25, -0.2) is 0 Å². The van der Waals surface area contributed by atoms with E-state index in [-0.39, 0.29) is 0 Å². The first-order valence-corrected chi connectivity index (χ1v) is 6.17. The van der Waals surface area contributed by atoms with Crippen LogP contribution in [0.5, 0.6) is 0 Å². The normalized spacial score (nSPS) is 12.0. The van der Waals surface area contributed by atoms with Gasteiger partial charge in [-0.2, -0.15) is 0 Å². The van der Waals surface area contributed by atoms with Gasteiger partial charge in [0, 0.05) is 5.75 Å². The third kappa shape index (κ3) is 3.10. The third-order valence-corrected chi connectivity index (χ3v) is 3.31. The van der Waals surface area contributed by atoms with Crippen molar-refractivity contribution < 1.29 is 13.9 Å². The van der Waals surface area contributed by atoms with Crippen molar-refractivity contribution in [3.63, 3.8) is 0 Å². The monoisotopic (exact) mass is 254 g/mol. The number of nitrogens with zero attached hydrogens (tertiary/aromatic N) is 2. The molecule has 2 aromatic rings. The quantitative estimate of drug-likeness (QED) is 0.845. The Labute approximate surface area is 103 Å². The molecule has 5 nitrogen and oxygen atoms in total. The number of hydrogen-bond acceptors (Lipinski definition) is 6. The molecule has 0 unspecified atom stereocenters. The van der Waals surface area contributed by atoms with E-state index in [4.69, 9.17) is 8.83 Å². The highest BCUT2D eigenvalue weighted by Crippen LogP contribution is 2.27. The Hall–Kier alpha value is -1.27. The molecule has 0 spiro atoms. The van der Waals surface area contributed by atoms with Gasteiger partial charge in [0.05, 0.1) is 17.4 Å². The zero-order valence-electron chi connectivity index (χ0n) is 9.93. The van der Waals surface area contributed by atoms with Crippen LogP contribution in [0.3, 0.4) is 0 Å². The fourth-order valence-electron chi connectivity index (χ4n) is 1.22. The van der Waals surface area contributed by atoms with Gasteiger partial charge in [-0.15, -0.1) is 10.2 Å². The summed E-state index contributed by atoms with van der Waals surface area (Å²) >= 11 is 1.33. The number of thioether (sulfide) groups is 1. The second kappa shape index (κ2) is 4.54. The van der Waals surface area contributed by atoms with Crippen molar-refractivity contribution in [1.29, 1.82) is 0 Å². The molecule has 0 atom stereocenters. The molecule has 17 heavy (non-hydrogen) atoms. The minimum Gasteiger partial charge on any atom is -0.469 e. The summed E-state index contributed by atoms with van der Waals surface area (Å²) in [5.41, 5.74) is 0.0396. The summed E-state index contributed by atoms with van der Waals surface area (Å²) in [6.07, 6.45) is 1.58. The van der Waals surface area contributed by atoms with E-state index < -0.39 is 5.60 Å². The van der Waals surface area contributed by atoms with Crippen LogP contribution in [0.25, 0.3) is 11.5 Å². The lowest BCUT2D eigenvalue weighted by Crippen LogP contribution is -2.21. The Kier molecular flexibility index (Phi) is 3.26. The Morgan fingerprint density at radius 3 is 2.76 bits per heavy atom. The van der Waals surface area contributed by atoms with Gasteiger partial charge in [-0.1, -0.05) is 11.8 Å². The van der Waals surface area contributed by atoms with Crippen LogP contribution in [0, 0.1) is 6.92 Å². The highest BCUT2D eigenvalue weighted by Gasteiger charge is 2.17. The summed E-state index contributed by atoms with van der Waals surface area (Å²) in [5.74, 6) is 1.68. The molecule has 0 aliphatic rings. The second-order valence-electron chi connectivity index (χ2n) is 4.36. The van der Waals surface area contributed by atoms with Crippen molar-refractivity contribution in [2.75, 3.05) is 5.75 Å². The molecular formula is C11H14N2O3S. The predicted octanol–water partition coefficient (Wildman–Crippen LogP) is 2.50. The summed E-state index contributed by atoms with van der Waals surface area (Å²) in [6, 6.07) is 1.78. The van der Waals surface area contributed by atoms with Crippen LogP contribution in [0.2, 0.25) is 0 Å². The maximum atomic E-state index is 9.59. The number of aromatic nitrogens is 2. The number of rotatable bonds is 4. The van der Waals surface area contributed by atoms with E-state index in [0.29, 0.717) is 16.9 Å². The van der Waals surface area contributed by atoms with E-state index in [9.17, 15) is 5.11 Å². The third-order valence-electron chi connectivity index (χ3n) is 2.04. The van der Waals surface area contributed by atoms with E-state index in [2.05, 4.69) is 10.2 Å². The van der Waals surface area contributed by atoms with E-state index in [1.807, 2.05) is 6.92 Å². The summed E-state index contributed by atoms with van der Waals surface area (Å²) in [6.45, 7) is 5.30. The molecule has 6 heteroatoms. The van der Waals surface area contributed by atoms with Gasteiger partial charge < -0.3 is 13.9 Å². The maximum absolute atomic E-state index is 9.59. The van der Waals surface area contributed by atoms with Gasteiger partial charge in [0.1, 0.15) is 5.76 Å². The van der Waals surface area contributed by atoms with Crippen LogP contribution in [-0.2, 0) is 0 Å². The molecule has 0 amide bonds. The van der Waals surface area contributed by atoms with Crippen LogP contribution in [0.15, 0.2) is 26.4 Å². The van der Waals surface area contributed by atoms with Gasteiger partial charge in [0.2, 0.25) is 0 Å².